The topological polar surface area (TPSA) is 24.1 Å². The highest BCUT2D eigenvalue weighted by Crippen LogP contribution is 2.09. The van der Waals surface area contributed by atoms with E-state index >= 15 is 0 Å². The third kappa shape index (κ3) is 4.96. The Morgan fingerprint density at radius 1 is 1.07 bits per heavy atom. The van der Waals surface area contributed by atoms with Crippen LogP contribution >= 0.6 is 0 Å². The molecule has 0 aliphatic carbocycles. The van der Waals surface area contributed by atoms with Crippen LogP contribution in [-0.4, -0.2) is 13.7 Å². The first kappa shape index (κ1) is 12.2. The Balaban J connectivity index is 2.42. The van der Waals surface area contributed by atoms with Gasteiger partial charge in [-0.15, -0.1) is 0 Å². The van der Waals surface area contributed by atoms with Crippen molar-refractivity contribution in [1.82, 2.24) is 10.6 Å². The zero-order valence-electron chi connectivity index (χ0n) is 10.0. The first-order valence-corrected chi connectivity index (χ1v) is 5.65. The van der Waals surface area contributed by atoms with Gasteiger partial charge in [-0.3, -0.25) is 0 Å². The molecule has 1 rings (SSSR count). The largest absolute Gasteiger partial charge is 0.308 e. The lowest BCUT2D eigenvalue weighted by Crippen LogP contribution is -2.25. The molecule has 0 atom stereocenters. The zero-order valence-corrected chi connectivity index (χ0v) is 10.0. The van der Waals surface area contributed by atoms with Crippen molar-refractivity contribution in [2.24, 2.45) is 5.92 Å². The Labute approximate surface area is 93.1 Å². The second kappa shape index (κ2) is 6.59. The minimum Gasteiger partial charge on any atom is -0.308 e. The van der Waals surface area contributed by atoms with Crippen molar-refractivity contribution in [2.45, 2.75) is 26.8 Å². The van der Waals surface area contributed by atoms with Crippen LogP contribution in [0.15, 0.2) is 24.3 Å². The fourth-order valence-corrected chi connectivity index (χ4v) is 1.60. The van der Waals surface area contributed by atoms with E-state index in [0.29, 0.717) is 0 Å². The van der Waals surface area contributed by atoms with Crippen LogP contribution in [0.5, 0.6) is 0 Å². The lowest BCUT2D eigenvalue weighted by molar-refractivity contribution is 0.630. The van der Waals surface area contributed by atoms with E-state index in [0.717, 1.165) is 19.1 Å². The fourth-order valence-electron chi connectivity index (χ4n) is 1.60. The average molecular weight is 206 g/mol. The molecule has 2 nitrogen and oxygen atoms in total. The highest BCUT2D eigenvalue weighted by molar-refractivity contribution is 5.22. The Hall–Kier alpha value is -0.860. The third-order valence-corrected chi connectivity index (χ3v) is 2.30. The molecule has 1 aromatic rings. The van der Waals surface area contributed by atoms with E-state index in [2.05, 4.69) is 48.7 Å². The second-order valence-corrected chi connectivity index (χ2v) is 4.37. The van der Waals surface area contributed by atoms with Gasteiger partial charge in [-0.05, 0) is 30.5 Å². The Morgan fingerprint density at radius 3 is 2.20 bits per heavy atom. The number of hydrogen-bond donors (Lipinski definition) is 2. The van der Waals surface area contributed by atoms with Crippen molar-refractivity contribution in [2.75, 3.05) is 13.7 Å². The van der Waals surface area contributed by atoms with E-state index in [-0.39, 0.29) is 0 Å². The molecule has 0 spiro atoms. The predicted molar refractivity (Wildman–Crippen MR) is 65.8 cm³/mol. The quantitative estimate of drug-likeness (QED) is 0.550. The molecule has 0 radical (unpaired) electrons. The van der Waals surface area contributed by atoms with Gasteiger partial charge in [-0.2, -0.15) is 0 Å². The molecule has 2 N–H and O–H groups in total. The molecule has 0 saturated carbocycles. The number of hydrogen-bond acceptors (Lipinski definition) is 2. The van der Waals surface area contributed by atoms with Crippen molar-refractivity contribution in [3.63, 3.8) is 0 Å². The van der Waals surface area contributed by atoms with E-state index in [1.807, 2.05) is 7.05 Å². The summed E-state index contributed by atoms with van der Waals surface area (Å²) in [4.78, 5) is 0. The number of rotatable bonds is 6. The predicted octanol–water partition coefficient (Wildman–Crippen LogP) is 2.15. The van der Waals surface area contributed by atoms with Gasteiger partial charge in [-0.25, -0.2) is 0 Å². The molecular formula is C13H22N2. The summed E-state index contributed by atoms with van der Waals surface area (Å²) >= 11 is 0. The van der Waals surface area contributed by atoms with Crippen LogP contribution in [0.25, 0.3) is 0 Å². The summed E-state index contributed by atoms with van der Waals surface area (Å²) in [5, 5.41) is 6.36. The molecule has 0 aliphatic heterocycles. The highest BCUT2D eigenvalue weighted by Gasteiger charge is 1.97. The number of nitrogens with one attached hydrogen (secondary N) is 2. The van der Waals surface area contributed by atoms with Gasteiger partial charge >= 0.3 is 0 Å². The van der Waals surface area contributed by atoms with Gasteiger partial charge < -0.3 is 10.6 Å². The lowest BCUT2D eigenvalue weighted by atomic mass is 10.0. The molecule has 0 heterocycles. The van der Waals surface area contributed by atoms with Crippen LogP contribution in [0.2, 0.25) is 0 Å². The molecule has 1 aromatic carbocycles. The summed E-state index contributed by atoms with van der Waals surface area (Å²) in [5.74, 6) is 0.735. The minimum absolute atomic E-state index is 0.735. The molecule has 2 heteroatoms. The molecule has 84 valence electrons. The SMILES string of the molecule is CNCNCc1ccc(CC(C)C)cc1. The maximum Gasteiger partial charge on any atom is 0.0454 e. The molecule has 15 heavy (non-hydrogen) atoms. The van der Waals surface area contributed by atoms with Gasteiger partial charge in [0.05, 0.1) is 0 Å². The Bertz CT molecular complexity index is 264. The van der Waals surface area contributed by atoms with Crippen molar-refractivity contribution in [1.29, 1.82) is 0 Å². The highest BCUT2D eigenvalue weighted by atomic mass is 15.0. The minimum atomic E-state index is 0.735. The van der Waals surface area contributed by atoms with Gasteiger partial charge in [0.2, 0.25) is 0 Å². The van der Waals surface area contributed by atoms with Crippen LogP contribution in [0.3, 0.4) is 0 Å². The maximum atomic E-state index is 3.30. The van der Waals surface area contributed by atoms with Crippen LogP contribution < -0.4 is 10.6 Å². The van der Waals surface area contributed by atoms with E-state index in [1.54, 1.807) is 0 Å². The molecule has 0 unspecified atom stereocenters. The number of benzene rings is 1. The maximum absolute atomic E-state index is 3.30. The standard InChI is InChI=1S/C13H22N2/c1-11(2)8-12-4-6-13(7-5-12)9-15-10-14-3/h4-7,11,14-15H,8-10H2,1-3H3. The third-order valence-electron chi connectivity index (χ3n) is 2.30. The molecule has 0 bridgehead atoms. The van der Waals surface area contributed by atoms with Gasteiger partial charge in [0.15, 0.2) is 0 Å². The fraction of sp³-hybridized carbons (Fsp3) is 0.538. The molecular weight excluding hydrogens is 184 g/mol. The average Bonchev–Trinajstić information content (AvgIpc) is 2.20. The summed E-state index contributed by atoms with van der Waals surface area (Å²) in [6.07, 6.45) is 1.17. The zero-order chi connectivity index (χ0) is 11.1. The Morgan fingerprint density at radius 2 is 1.67 bits per heavy atom. The monoisotopic (exact) mass is 206 g/mol. The Kier molecular flexibility index (Phi) is 5.37. The summed E-state index contributed by atoms with van der Waals surface area (Å²) < 4.78 is 0. The van der Waals surface area contributed by atoms with Crippen molar-refractivity contribution >= 4 is 0 Å². The second-order valence-electron chi connectivity index (χ2n) is 4.37. The van der Waals surface area contributed by atoms with Crippen LogP contribution in [0, 0.1) is 5.92 Å². The van der Waals surface area contributed by atoms with E-state index in [9.17, 15) is 0 Å². The normalized spacial score (nSPS) is 10.9. The van der Waals surface area contributed by atoms with Crippen LogP contribution in [-0.2, 0) is 13.0 Å². The molecule has 0 amide bonds. The summed E-state index contributed by atoms with van der Waals surface area (Å²) in [5.41, 5.74) is 2.78. The molecule has 0 fully saturated rings. The van der Waals surface area contributed by atoms with Crippen molar-refractivity contribution in [3.8, 4) is 0 Å². The van der Waals surface area contributed by atoms with Crippen LogP contribution in [0.4, 0.5) is 0 Å². The summed E-state index contributed by atoms with van der Waals surface area (Å²) in [7, 11) is 1.94. The van der Waals surface area contributed by atoms with Gasteiger partial charge in [-0.1, -0.05) is 38.1 Å². The van der Waals surface area contributed by atoms with Crippen LogP contribution in [0.1, 0.15) is 25.0 Å². The van der Waals surface area contributed by atoms with Gasteiger partial charge in [0, 0.05) is 13.2 Å². The van der Waals surface area contributed by atoms with Gasteiger partial charge in [0.25, 0.3) is 0 Å². The first-order chi connectivity index (χ1) is 7.22. The van der Waals surface area contributed by atoms with Gasteiger partial charge in [0.1, 0.15) is 0 Å². The smallest absolute Gasteiger partial charge is 0.0454 e. The van der Waals surface area contributed by atoms with Crippen molar-refractivity contribution < 1.29 is 0 Å². The first-order valence-electron chi connectivity index (χ1n) is 5.65. The van der Waals surface area contributed by atoms with E-state index in [1.165, 1.54) is 17.5 Å². The van der Waals surface area contributed by atoms with Crippen molar-refractivity contribution in [3.05, 3.63) is 35.4 Å². The molecule has 0 aliphatic rings. The summed E-state index contributed by atoms with van der Waals surface area (Å²) in [6, 6.07) is 8.88. The molecule has 0 aromatic heterocycles. The van der Waals surface area contributed by atoms with E-state index < -0.39 is 0 Å². The molecule has 0 saturated heterocycles. The summed E-state index contributed by atoms with van der Waals surface area (Å²) in [6.45, 7) is 6.29. The van der Waals surface area contributed by atoms with E-state index in [4.69, 9.17) is 0 Å². The lowest BCUT2D eigenvalue weighted by Gasteiger charge is -2.07.